The van der Waals surface area contributed by atoms with Crippen molar-refractivity contribution in [3.8, 4) is 0 Å². The molecule has 2 nitrogen and oxygen atoms in total. The van der Waals surface area contributed by atoms with Crippen LogP contribution in [0.5, 0.6) is 0 Å². The zero-order valence-corrected chi connectivity index (χ0v) is 10.1. The topological polar surface area (TPSA) is 29.1 Å². The molecule has 63 valence electrons. The molecule has 0 saturated heterocycles. The minimum Gasteiger partial charge on any atom is -0.356 e. The third kappa shape index (κ3) is 13.6. The average Bonchev–Trinajstić information content (AvgIpc) is 1.87. The van der Waals surface area contributed by atoms with Crippen LogP contribution in [0.15, 0.2) is 0 Å². The fourth-order valence-corrected chi connectivity index (χ4v) is 0.743. The van der Waals surface area contributed by atoms with Crippen LogP contribution in [-0.4, -0.2) is 12.5 Å². The van der Waals surface area contributed by atoms with Crippen LogP contribution in [0.4, 0.5) is 0 Å². The maximum atomic E-state index is 10.4. The molecule has 0 aromatic rings. The van der Waals surface area contributed by atoms with E-state index in [9.17, 15) is 4.79 Å². The fourth-order valence-electron chi connectivity index (χ4n) is 0.743. The predicted octanol–water partition coefficient (Wildman–Crippen LogP) is 1.51. The molecular formula is C8H16NOY-. The molecule has 0 atom stereocenters. The van der Waals surface area contributed by atoms with Crippen LogP contribution < -0.4 is 5.32 Å². The summed E-state index contributed by atoms with van der Waals surface area (Å²) in [6.07, 6.45) is 4.42. The van der Waals surface area contributed by atoms with E-state index in [0.717, 1.165) is 19.4 Å². The van der Waals surface area contributed by atoms with Crippen LogP contribution in [0.2, 0.25) is 0 Å². The van der Waals surface area contributed by atoms with Gasteiger partial charge < -0.3 is 12.2 Å². The normalized spacial score (nSPS) is 8.55. The van der Waals surface area contributed by atoms with Crippen molar-refractivity contribution in [3.05, 3.63) is 6.92 Å². The van der Waals surface area contributed by atoms with E-state index >= 15 is 0 Å². The second-order valence-corrected chi connectivity index (χ2v) is 2.40. The van der Waals surface area contributed by atoms with Crippen LogP contribution in [0.25, 0.3) is 0 Å². The molecule has 0 spiro atoms. The van der Waals surface area contributed by atoms with Gasteiger partial charge in [0.1, 0.15) is 0 Å². The van der Waals surface area contributed by atoms with E-state index in [2.05, 4.69) is 12.2 Å². The van der Waals surface area contributed by atoms with Gasteiger partial charge in [-0.1, -0.05) is 12.8 Å². The number of carbonyl (C=O) groups excluding carboxylic acids is 1. The van der Waals surface area contributed by atoms with Crippen molar-refractivity contribution < 1.29 is 37.5 Å². The maximum Gasteiger partial charge on any atom is 0.216 e. The van der Waals surface area contributed by atoms with E-state index in [1.807, 2.05) is 0 Å². The molecule has 0 aromatic carbocycles. The third-order valence-electron chi connectivity index (χ3n) is 1.30. The van der Waals surface area contributed by atoms with Gasteiger partial charge in [0.2, 0.25) is 5.91 Å². The zero-order valence-electron chi connectivity index (χ0n) is 7.23. The molecule has 0 bridgehead atoms. The third-order valence-corrected chi connectivity index (χ3v) is 1.30. The van der Waals surface area contributed by atoms with Crippen LogP contribution in [0, 0.1) is 6.92 Å². The Hall–Kier alpha value is 0.574. The van der Waals surface area contributed by atoms with Crippen molar-refractivity contribution >= 4 is 5.91 Å². The van der Waals surface area contributed by atoms with Gasteiger partial charge in [-0.25, -0.2) is 0 Å². The van der Waals surface area contributed by atoms with Gasteiger partial charge in [0.05, 0.1) is 0 Å². The first kappa shape index (κ1) is 14.1. The summed E-state index contributed by atoms with van der Waals surface area (Å²) in [6, 6.07) is 0. The number of carbonyl (C=O) groups is 1. The molecule has 0 fully saturated rings. The second kappa shape index (κ2) is 10.6. The summed E-state index contributed by atoms with van der Waals surface area (Å²) in [5.41, 5.74) is 0. The summed E-state index contributed by atoms with van der Waals surface area (Å²) in [5.74, 6) is 0.0645. The van der Waals surface area contributed by atoms with Crippen LogP contribution in [0.3, 0.4) is 0 Å². The number of hydrogen-bond donors (Lipinski definition) is 1. The monoisotopic (exact) mass is 231 g/mol. The van der Waals surface area contributed by atoms with Gasteiger partial charge in [-0.2, -0.15) is 6.42 Å². The maximum absolute atomic E-state index is 10.4. The molecular weight excluding hydrogens is 215 g/mol. The SMILES string of the molecule is [CH2-]CCCCCNC(C)=O.[Y]. The van der Waals surface area contributed by atoms with E-state index in [-0.39, 0.29) is 38.6 Å². The zero-order chi connectivity index (χ0) is 7.82. The number of unbranched alkanes of at least 4 members (excludes halogenated alkanes) is 3. The molecule has 1 amide bonds. The van der Waals surface area contributed by atoms with Gasteiger partial charge >= 0.3 is 0 Å². The van der Waals surface area contributed by atoms with Gasteiger partial charge in [-0.3, -0.25) is 4.79 Å². The Kier molecular flexibility index (Phi) is 13.6. The first-order valence-electron chi connectivity index (χ1n) is 3.81. The standard InChI is InChI=1S/C8H16NO.Y/c1-3-4-5-6-7-9-8(2)10;/h1,3-7H2,2H3,(H,9,10);/q-1;. The Labute approximate surface area is 94.4 Å². The Balaban J connectivity index is 0. The summed E-state index contributed by atoms with van der Waals surface area (Å²) < 4.78 is 0. The molecule has 0 aliphatic carbocycles. The molecule has 0 heterocycles. The number of amides is 1. The smallest absolute Gasteiger partial charge is 0.216 e. The first-order valence-corrected chi connectivity index (χ1v) is 3.81. The quantitative estimate of drug-likeness (QED) is 0.564. The van der Waals surface area contributed by atoms with Gasteiger partial charge in [-0.05, 0) is 6.42 Å². The van der Waals surface area contributed by atoms with Gasteiger partial charge in [0.25, 0.3) is 0 Å². The van der Waals surface area contributed by atoms with Crippen molar-refractivity contribution in [1.29, 1.82) is 0 Å². The summed E-state index contributed by atoms with van der Waals surface area (Å²) in [5, 5.41) is 2.75. The number of nitrogens with one attached hydrogen (secondary N) is 1. The predicted molar refractivity (Wildman–Crippen MR) is 42.5 cm³/mol. The van der Waals surface area contributed by atoms with E-state index in [1.165, 1.54) is 12.8 Å². The van der Waals surface area contributed by atoms with Crippen LogP contribution >= 0.6 is 0 Å². The summed E-state index contributed by atoms with van der Waals surface area (Å²) in [7, 11) is 0. The first-order chi connectivity index (χ1) is 4.77. The summed E-state index contributed by atoms with van der Waals surface area (Å²) >= 11 is 0. The number of rotatable bonds is 5. The molecule has 0 aliphatic heterocycles. The molecule has 0 aliphatic rings. The van der Waals surface area contributed by atoms with Crippen LogP contribution in [0.1, 0.15) is 32.6 Å². The largest absolute Gasteiger partial charge is 0.356 e. The van der Waals surface area contributed by atoms with Crippen molar-refractivity contribution in [3.63, 3.8) is 0 Å². The average molecular weight is 231 g/mol. The van der Waals surface area contributed by atoms with Crippen molar-refractivity contribution in [2.75, 3.05) is 6.54 Å². The molecule has 0 aromatic heterocycles. The van der Waals surface area contributed by atoms with Gasteiger partial charge in [0.15, 0.2) is 0 Å². The Morgan fingerprint density at radius 1 is 1.36 bits per heavy atom. The van der Waals surface area contributed by atoms with E-state index in [1.54, 1.807) is 6.92 Å². The van der Waals surface area contributed by atoms with Crippen LogP contribution in [-0.2, 0) is 37.5 Å². The molecule has 1 radical (unpaired) electrons. The minimum absolute atomic E-state index is 0. The van der Waals surface area contributed by atoms with Gasteiger partial charge in [-0.15, -0.1) is 0 Å². The minimum atomic E-state index is 0. The molecule has 1 N–H and O–H groups in total. The van der Waals surface area contributed by atoms with Crippen molar-refractivity contribution in [1.82, 2.24) is 5.32 Å². The fraction of sp³-hybridized carbons (Fsp3) is 0.750. The summed E-state index contributed by atoms with van der Waals surface area (Å²) in [4.78, 5) is 10.4. The Bertz CT molecular complexity index is 96.1. The van der Waals surface area contributed by atoms with Gasteiger partial charge in [0, 0.05) is 46.2 Å². The molecule has 0 unspecified atom stereocenters. The van der Waals surface area contributed by atoms with Crippen molar-refractivity contribution in [2.24, 2.45) is 0 Å². The second-order valence-electron chi connectivity index (χ2n) is 2.40. The molecule has 0 saturated carbocycles. The molecule has 0 rings (SSSR count). The van der Waals surface area contributed by atoms with Crippen molar-refractivity contribution in [2.45, 2.75) is 32.6 Å². The van der Waals surface area contributed by atoms with E-state index in [0.29, 0.717) is 0 Å². The van der Waals surface area contributed by atoms with E-state index in [4.69, 9.17) is 0 Å². The Morgan fingerprint density at radius 2 is 2.00 bits per heavy atom. The molecule has 3 heteroatoms. The summed E-state index contributed by atoms with van der Waals surface area (Å²) in [6.45, 7) is 6.09. The molecule has 11 heavy (non-hydrogen) atoms. The van der Waals surface area contributed by atoms with E-state index < -0.39 is 0 Å². The Morgan fingerprint density at radius 3 is 2.45 bits per heavy atom. The number of hydrogen-bond acceptors (Lipinski definition) is 1.